The summed E-state index contributed by atoms with van der Waals surface area (Å²) in [6.07, 6.45) is 5.03. The fourth-order valence-corrected chi connectivity index (χ4v) is 5.33. The Labute approximate surface area is 161 Å². The van der Waals surface area contributed by atoms with E-state index in [0.29, 0.717) is 4.90 Å². The van der Waals surface area contributed by atoms with E-state index in [2.05, 4.69) is 5.32 Å². The second kappa shape index (κ2) is 8.65. The van der Waals surface area contributed by atoms with Crippen LogP contribution in [-0.2, 0) is 14.6 Å². The van der Waals surface area contributed by atoms with E-state index in [-0.39, 0.29) is 17.7 Å². The summed E-state index contributed by atoms with van der Waals surface area (Å²) < 4.78 is 30.9. The average Bonchev–Trinajstić information content (AvgIpc) is 2.55. The zero-order chi connectivity index (χ0) is 19.4. The molecule has 0 spiro atoms. The minimum Gasteiger partial charge on any atom is -0.444 e. The van der Waals surface area contributed by atoms with Gasteiger partial charge in [0.1, 0.15) is 5.60 Å². The Balaban J connectivity index is 2.07. The van der Waals surface area contributed by atoms with Crippen molar-refractivity contribution in [3.8, 4) is 0 Å². The SMILES string of the molecule is CSc1ccc(S(=O)(=O)C[C@@H]2CCCC[C@@H]2NC(=O)OC(C)(C)C)cc1. The third-order valence-corrected chi connectivity index (χ3v) is 7.06. The minimum atomic E-state index is -3.39. The van der Waals surface area contributed by atoms with E-state index in [1.165, 1.54) is 0 Å². The molecule has 1 fully saturated rings. The van der Waals surface area contributed by atoms with Crippen LogP contribution in [0.25, 0.3) is 0 Å². The Morgan fingerprint density at radius 1 is 1.19 bits per heavy atom. The minimum absolute atomic E-state index is 0.0477. The van der Waals surface area contributed by atoms with Crippen molar-refractivity contribution in [3.63, 3.8) is 0 Å². The highest BCUT2D eigenvalue weighted by Gasteiger charge is 2.32. The number of carbonyl (C=O) groups excluding carboxylic acids is 1. The summed E-state index contributed by atoms with van der Waals surface area (Å²) in [5.74, 6) is -0.0481. The largest absolute Gasteiger partial charge is 0.444 e. The van der Waals surface area contributed by atoms with Gasteiger partial charge >= 0.3 is 6.09 Å². The van der Waals surface area contributed by atoms with Crippen LogP contribution >= 0.6 is 11.8 Å². The van der Waals surface area contributed by atoms with E-state index in [4.69, 9.17) is 4.74 Å². The van der Waals surface area contributed by atoms with Crippen LogP contribution in [0.2, 0.25) is 0 Å². The normalized spacial score (nSPS) is 21.2. The summed E-state index contributed by atoms with van der Waals surface area (Å²) in [6.45, 7) is 5.44. The Morgan fingerprint density at radius 2 is 1.81 bits per heavy atom. The fourth-order valence-electron chi connectivity index (χ4n) is 3.22. The summed E-state index contributed by atoms with van der Waals surface area (Å²) in [4.78, 5) is 13.5. The molecule has 146 valence electrons. The van der Waals surface area contributed by atoms with Gasteiger partial charge in [0.2, 0.25) is 0 Å². The molecule has 0 radical (unpaired) electrons. The molecule has 2 rings (SSSR count). The Morgan fingerprint density at radius 3 is 2.38 bits per heavy atom. The predicted molar refractivity (Wildman–Crippen MR) is 105 cm³/mol. The summed E-state index contributed by atoms with van der Waals surface area (Å²) >= 11 is 1.58. The second-order valence-electron chi connectivity index (χ2n) is 7.75. The highest BCUT2D eigenvalue weighted by molar-refractivity contribution is 7.98. The molecule has 2 atom stereocenters. The number of thioether (sulfide) groups is 1. The van der Waals surface area contributed by atoms with Gasteiger partial charge in [0.25, 0.3) is 0 Å². The molecule has 1 N–H and O–H groups in total. The van der Waals surface area contributed by atoms with E-state index < -0.39 is 21.5 Å². The van der Waals surface area contributed by atoms with Crippen molar-refractivity contribution < 1.29 is 17.9 Å². The van der Waals surface area contributed by atoms with Crippen LogP contribution in [0.4, 0.5) is 4.79 Å². The molecule has 0 aliphatic heterocycles. The first-order valence-corrected chi connectivity index (χ1v) is 11.8. The van der Waals surface area contributed by atoms with Crippen LogP contribution in [0, 0.1) is 5.92 Å². The standard InChI is InChI=1S/C19H29NO4S2/c1-19(2,3)24-18(21)20-17-8-6-5-7-14(17)13-26(22,23)16-11-9-15(25-4)10-12-16/h9-12,14,17H,5-8,13H2,1-4H3,(H,20,21)/t14-,17-/m0/s1. The molecule has 1 amide bonds. The molecule has 5 nitrogen and oxygen atoms in total. The lowest BCUT2D eigenvalue weighted by Gasteiger charge is -2.32. The molecule has 26 heavy (non-hydrogen) atoms. The van der Waals surface area contributed by atoms with Gasteiger partial charge in [-0.1, -0.05) is 12.8 Å². The summed E-state index contributed by atoms with van der Waals surface area (Å²) in [5.41, 5.74) is -0.570. The summed E-state index contributed by atoms with van der Waals surface area (Å²) in [5, 5.41) is 2.89. The quantitative estimate of drug-likeness (QED) is 0.749. The summed E-state index contributed by atoms with van der Waals surface area (Å²) in [6, 6.07) is 6.82. The third-order valence-electron chi connectivity index (χ3n) is 4.46. The van der Waals surface area contributed by atoms with Gasteiger partial charge in [-0.25, -0.2) is 13.2 Å². The first-order chi connectivity index (χ1) is 12.1. The van der Waals surface area contributed by atoms with Crippen LogP contribution in [0.1, 0.15) is 46.5 Å². The van der Waals surface area contributed by atoms with Crippen molar-refractivity contribution in [3.05, 3.63) is 24.3 Å². The maximum atomic E-state index is 12.8. The van der Waals surface area contributed by atoms with Crippen LogP contribution in [0.15, 0.2) is 34.1 Å². The highest BCUT2D eigenvalue weighted by Crippen LogP contribution is 2.28. The maximum Gasteiger partial charge on any atom is 0.407 e. The molecule has 1 aromatic rings. The molecular formula is C19H29NO4S2. The van der Waals surface area contributed by atoms with Crippen molar-refractivity contribution in [1.82, 2.24) is 5.32 Å². The van der Waals surface area contributed by atoms with Crippen molar-refractivity contribution in [1.29, 1.82) is 0 Å². The Kier molecular flexibility index (Phi) is 7.02. The number of hydrogen-bond acceptors (Lipinski definition) is 5. The van der Waals surface area contributed by atoms with Crippen LogP contribution < -0.4 is 5.32 Å². The van der Waals surface area contributed by atoms with Crippen molar-refractivity contribution in [2.45, 2.75) is 67.9 Å². The summed E-state index contributed by atoms with van der Waals surface area (Å²) in [7, 11) is -3.39. The van der Waals surface area contributed by atoms with Gasteiger partial charge in [0.15, 0.2) is 9.84 Å². The molecule has 0 unspecified atom stereocenters. The molecule has 1 aliphatic rings. The van der Waals surface area contributed by atoms with Crippen LogP contribution in [0.3, 0.4) is 0 Å². The van der Waals surface area contributed by atoms with E-state index in [9.17, 15) is 13.2 Å². The van der Waals surface area contributed by atoms with E-state index in [1.54, 1.807) is 23.9 Å². The Bertz CT molecular complexity index is 708. The molecule has 0 saturated heterocycles. The lowest BCUT2D eigenvalue weighted by molar-refractivity contribution is 0.0474. The number of benzene rings is 1. The zero-order valence-corrected chi connectivity index (χ0v) is 17.6. The van der Waals surface area contributed by atoms with Gasteiger partial charge in [-0.15, -0.1) is 11.8 Å². The number of rotatable bonds is 5. The topological polar surface area (TPSA) is 72.5 Å². The van der Waals surface area contributed by atoms with Gasteiger partial charge in [-0.05, 0) is 70.1 Å². The van der Waals surface area contributed by atoms with Crippen LogP contribution in [-0.4, -0.2) is 38.2 Å². The zero-order valence-electron chi connectivity index (χ0n) is 15.9. The van der Waals surface area contributed by atoms with Gasteiger partial charge in [0, 0.05) is 10.9 Å². The number of alkyl carbamates (subject to hydrolysis) is 1. The van der Waals surface area contributed by atoms with Gasteiger partial charge in [0.05, 0.1) is 10.6 Å². The number of sulfone groups is 1. The number of ether oxygens (including phenoxy) is 1. The van der Waals surface area contributed by atoms with E-state index in [1.807, 2.05) is 39.2 Å². The lowest BCUT2D eigenvalue weighted by Crippen LogP contribution is -2.46. The Hall–Kier alpha value is -1.21. The predicted octanol–water partition coefficient (Wildman–Crippen LogP) is 4.27. The number of nitrogens with one attached hydrogen (secondary N) is 1. The maximum absolute atomic E-state index is 12.8. The monoisotopic (exact) mass is 399 g/mol. The van der Waals surface area contributed by atoms with Gasteiger partial charge in [-0.2, -0.15) is 0 Å². The van der Waals surface area contributed by atoms with Gasteiger partial charge < -0.3 is 10.1 Å². The van der Waals surface area contributed by atoms with Crippen molar-refractivity contribution in [2.75, 3.05) is 12.0 Å². The van der Waals surface area contributed by atoms with E-state index in [0.717, 1.165) is 30.6 Å². The molecule has 0 heterocycles. The van der Waals surface area contributed by atoms with Crippen molar-refractivity contribution >= 4 is 27.7 Å². The number of hydrogen-bond donors (Lipinski definition) is 1. The van der Waals surface area contributed by atoms with Gasteiger partial charge in [-0.3, -0.25) is 0 Å². The molecule has 1 aromatic carbocycles. The van der Waals surface area contributed by atoms with Crippen molar-refractivity contribution in [2.24, 2.45) is 5.92 Å². The highest BCUT2D eigenvalue weighted by atomic mass is 32.2. The third kappa shape index (κ3) is 6.20. The lowest BCUT2D eigenvalue weighted by atomic mass is 9.86. The van der Waals surface area contributed by atoms with Crippen LogP contribution in [0.5, 0.6) is 0 Å². The smallest absolute Gasteiger partial charge is 0.407 e. The van der Waals surface area contributed by atoms with E-state index >= 15 is 0 Å². The number of amides is 1. The molecule has 7 heteroatoms. The molecule has 0 bridgehead atoms. The number of carbonyl (C=O) groups is 1. The molecule has 0 aromatic heterocycles. The first-order valence-electron chi connectivity index (χ1n) is 8.97. The first kappa shape index (κ1) is 21.1. The molecular weight excluding hydrogens is 370 g/mol. The average molecular weight is 400 g/mol. The molecule has 1 aliphatic carbocycles. The molecule has 1 saturated carbocycles. The second-order valence-corrected chi connectivity index (χ2v) is 10.7. The fraction of sp³-hybridized carbons (Fsp3) is 0.632.